The van der Waals surface area contributed by atoms with Crippen molar-refractivity contribution in [2.24, 2.45) is 5.41 Å². The van der Waals surface area contributed by atoms with Crippen LogP contribution in [0, 0.1) is 5.41 Å². The molecule has 2 saturated heterocycles. The first kappa shape index (κ1) is 8.85. The Morgan fingerprint density at radius 2 is 1.92 bits per heavy atom. The average Bonchev–Trinajstić information content (AvgIpc) is 2.31. The van der Waals surface area contributed by atoms with E-state index in [1.165, 1.54) is 32.6 Å². The van der Waals surface area contributed by atoms with E-state index in [0.717, 1.165) is 6.04 Å². The Bertz CT molecular complexity index is 175. The lowest BCUT2D eigenvalue weighted by atomic mass is 9.81. The van der Waals surface area contributed by atoms with Crippen molar-refractivity contribution in [1.29, 1.82) is 0 Å². The molecule has 1 spiro atoms. The second kappa shape index (κ2) is 2.89. The maximum absolute atomic E-state index is 4.33. The first-order valence-electron chi connectivity index (χ1n) is 4.79. The van der Waals surface area contributed by atoms with Crippen LogP contribution in [0.25, 0.3) is 0 Å². The van der Waals surface area contributed by atoms with Crippen molar-refractivity contribution in [1.82, 2.24) is 9.21 Å². The molecular weight excluding hydrogens is 168 g/mol. The number of thiol groups is 1. The lowest BCUT2D eigenvalue weighted by Gasteiger charge is -2.45. The fourth-order valence-corrected chi connectivity index (χ4v) is 3.00. The summed E-state index contributed by atoms with van der Waals surface area (Å²) in [6.07, 6.45) is 1.38. The van der Waals surface area contributed by atoms with Crippen molar-refractivity contribution in [2.75, 3.05) is 26.2 Å². The number of rotatable bonds is 1. The molecule has 0 saturated carbocycles. The maximum atomic E-state index is 4.33. The van der Waals surface area contributed by atoms with E-state index >= 15 is 0 Å². The summed E-state index contributed by atoms with van der Waals surface area (Å²) in [6, 6.07) is 0.721. The summed E-state index contributed by atoms with van der Waals surface area (Å²) in [6.45, 7) is 9.55. The van der Waals surface area contributed by atoms with Crippen LogP contribution in [-0.2, 0) is 0 Å². The van der Waals surface area contributed by atoms with Crippen LogP contribution >= 0.6 is 12.8 Å². The van der Waals surface area contributed by atoms with Gasteiger partial charge in [0.1, 0.15) is 0 Å². The van der Waals surface area contributed by atoms with E-state index in [0.29, 0.717) is 5.41 Å². The first-order chi connectivity index (χ1) is 5.61. The topological polar surface area (TPSA) is 6.48 Å². The molecule has 0 bridgehead atoms. The fourth-order valence-electron chi connectivity index (χ4n) is 2.40. The van der Waals surface area contributed by atoms with E-state index in [4.69, 9.17) is 0 Å². The highest BCUT2D eigenvalue weighted by atomic mass is 32.1. The van der Waals surface area contributed by atoms with Crippen LogP contribution < -0.4 is 0 Å². The van der Waals surface area contributed by atoms with Crippen LogP contribution in [0.3, 0.4) is 0 Å². The summed E-state index contributed by atoms with van der Waals surface area (Å²) in [5.74, 6) is 0. The zero-order valence-corrected chi connectivity index (χ0v) is 8.85. The van der Waals surface area contributed by atoms with Gasteiger partial charge in [-0.05, 0) is 26.8 Å². The van der Waals surface area contributed by atoms with Gasteiger partial charge in [-0.15, -0.1) is 0 Å². The summed E-state index contributed by atoms with van der Waals surface area (Å²) >= 11 is 4.33. The third-order valence-corrected chi connectivity index (χ3v) is 3.52. The number of nitrogens with zero attached hydrogens (tertiary/aromatic N) is 2. The van der Waals surface area contributed by atoms with Crippen LogP contribution in [0.4, 0.5) is 0 Å². The Kier molecular flexibility index (Phi) is 2.13. The molecular formula is C9H18N2S. The van der Waals surface area contributed by atoms with Crippen molar-refractivity contribution < 1.29 is 0 Å². The van der Waals surface area contributed by atoms with E-state index in [-0.39, 0.29) is 0 Å². The molecule has 70 valence electrons. The van der Waals surface area contributed by atoms with Crippen LogP contribution in [-0.4, -0.2) is 41.4 Å². The molecule has 0 aromatic heterocycles. The highest BCUT2D eigenvalue weighted by molar-refractivity contribution is 7.77. The van der Waals surface area contributed by atoms with Crippen molar-refractivity contribution >= 4 is 12.8 Å². The Hall–Kier alpha value is 0.270. The number of hydrogen-bond donors (Lipinski definition) is 1. The largest absolute Gasteiger partial charge is 0.300 e. The number of hydrogen-bond acceptors (Lipinski definition) is 3. The zero-order chi connectivity index (χ0) is 8.77. The zero-order valence-electron chi connectivity index (χ0n) is 7.95. The van der Waals surface area contributed by atoms with Crippen molar-refractivity contribution in [3.8, 4) is 0 Å². The van der Waals surface area contributed by atoms with E-state index in [2.05, 4.69) is 35.9 Å². The van der Waals surface area contributed by atoms with Crippen LogP contribution in [0.5, 0.6) is 0 Å². The van der Waals surface area contributed by atoms with Crippen molar-refractivity contribution in [3.63, 3.8) is 0 Å². The normalized spacial score (nSPS) is 30.0. The van der Waals surface area contributed by atoms with E-state index < -0.39 is 0 Å². The minimum absolute atomic E-state index is 0.617. The minimum atomic E-state index is 0.617. The van der Waals surface area contributed by atoms with Gasteiger partial charge in [0, 0.05) is 31.1 Å². The lowest BCUT2D eigenvalue weighted by molar-refractivity contribution is 0.0847. The molecule has 2 fully saturated rings. The van der Waals surface area contributed by atoms with Gasteiger partial charge in [-0.3, -0.25) is 4.31 Å². The Labute approximate surface area is 80.5 Å². The van der Waals surface area contributed by atoms with Gasteiger partial charge >= 0.3 is 0 Å². The molecule has 2 aliphatic rings. The van der Waals surface area contributed by atoms with Crippen LogP contribution in [0.15, 0.2) is 0 Å². The van der Waals surface area contributed by atoms with Gasteiger partial charge in [-0.25, -0.2) is 0 Å². The molecule has 0 aromatic rings. The summed E-state index contributed by atoms with van der Waals surface area (Å²) in [7, 11) is 0. The van der Waals surface area contributed by atoms with Crippen LogP contribution in [0.2, 0.25) is 0 Å². The third-order valence-electron chi connectivity index (χ3n) is 3.23. The van der Waals surface area contributed by atoms with Crippen molar-refractivity contribution in [2.45, 2.75) is 26.3 Å². The van der Waals surface area contributed by atoms with Crippen LogP contribution in [0.1, 0.15) is 20.3 Å². The molecule has 0 N–H and O–H groups in total. The van der Waals surface area contributed by atoms with Gasteiger partial charge in [0.15, 0.2) is 0 Å². The predicted molar refractivity (Wildman–Crippen MR) is 54.3 cm³/mol. The number of likely N-dealkylation sites (tertiary alicyclic amines) is 1. The van der Waals surface area contributed by atoms with Gasteiger partial charge in [0.05, 0.1) is 0 Å². The Morgan fingerprint density at radius 3 is 2.33 bits per heavy atom. The molecule has 0 aliphatic carbocycles. The quantitative estimate of drug-likeness (QED) is 0.616. The maximum Gasteiger partial charge on any atom is 0.0169 e. The second-order valence-electron chi connectivity index (χ2n) is 4.64. The van der Waals surface area contributed by atoms with Gasteiger partial charge < -0.3 is 4.90 Å². The Morgan fingerprint density at radius 1 is 1.25 bits per heavy atom. The highest BCUT2D eigenvalue weighted by Crippen LogP contribution is 2.40. The molecule has 0 unspecified atom stereocenters. The lowest BCUT2D eigenvalue weighted by Crippen LogP contribution is -2.53. The molecule has 0 amide bonds. The molecule has 2 heterocycles. The van der Waals surface area contributed by atoms with E-state index in [1.54, 1.807) is 0 Å². The van der Waals surface area contributed by atoms with Gasteiger partial charge in [0.25, 0.3) is 0 Å². The third kappa shape index (κ3) is 1.38. The minimum Gasteiger partial charge on any atom is -0.300 e. The molecule has 0 aromatic carbocycles. The molecule has 12 heavy (non-hydrogen) atoms. The SMILES string of the molecule is CC(C)N1CCC2(CN(S)C2)C1. The molecule has 0 atom stereocenters. The molecule has 0 radical (unpaired) electrons. The highest BCUT2D eigenvalue weighted by Gasteiger charge is 2.46. The van der Waals surface area contributed by atoms with Gasteiger partial charge in [-0.2, -0.15) is 0 Å². The fraction of sp³-hybridized carbons (Fsp3) is 1.00. The summed E-state index contributed by atoms with van der Waals surface area (Å²) in [5, 5.41) is 0. The van der Waals surface area contributed by atoms with E-state index in [9.17, 15) is 0 Å². The van der Waals surface area contributed by atoms with Gasteiger partial charge in [0.2, 0.25) is 0 Å². The predicted octanol–water partition coefficient (Wildman–Crippen LogP) is 1.25. The first-order valence-corrected chi connectivity index (χ1v) is 5.19. The summed E-state index contributed by atoms with van der Waals surface area (Å²) in [5.41, 5.74) is 0.617. The Balaban J connectivity index is 1.90. The molecule has 2 nitrogen and oxygen atoms in total. The second-order valence-corrected chi connectivity index (χ2v) is 5.20. The standard InChI is InChI=1S/C9H18N2S/c1-8(2)10-4-3-9(5-10)6-11(12)7-9/h8,12H,3-7H2,1-2H3. The van der Waals surface area contributed by atoms with Gasteiger partial charge in [-0.1, -0.05) is 12.8 Å². The average molecular weight is 186 g/mol. The monoisotopic (exact) mass is 186 g/mol. The summed E-state index contributed by atoms with van der Waals surface area (Å²) in [4.78, 5) is 2.58. The smallest absolute Gasteiger partial charge is 0.0169 e. The molecule has 3 heteroatoms. The van der Waals surface area contributed by atoms with Crippen molar-refractivity contribution in [3.05, 3.63) is 0 Å². The molecule has 2 rings (SSSR count). The van der Waals surface area contributed by atoms with E-state index in [1.807, 2.05) is 0 Å². The molecule has 2 aliphatic heterocycles. The summed E-state index contributed by atoms with van der Waals surface area (Å²) < 4.78 is 2.13.